The van der Waals surface area contributed by atoms with E-state index in [1.54, 1.807) is 6.92 Å². The summed E-state index contributed by atoms with van der Waals surface area (Å²) in [6, 6.07) is 0. The maximum absolute atomic E-state index is 10.6. The van der Waals surface area contributed by atoms with Gasteiger partial charge in [-0.05, 0) is 11.8 Å². The molecular formula is C9H16O3. The van der Waals surface area contributed by atoms with Crippen molar-refractivity contribution in [2.45, 2.75) is 27.2 Å². The summed E-state index contributed by atoms with van der Waals surface area (Å²) in [5.74, 6) is -1.06. The number of aldehydes is 1. The van der Waals surface area contributed by atoms with Gasteiger partial charge < -0.3 is 9.90 Å². The van der Waals surface area contributed by atoms with Crippen LogP contribution in [0.25, 0.3) is 0 Å². The van der Waals surface area contributed by atoms with Gasteiger partial charge in [0, 0.05) is 6.42 Å². The van der Waals surface area contributed by atoms with Gasteiger partial charge >= 0.3 is 5.97 Å². The van der Waals surface area contributed by atoms with Crippen LogP contribution >= 0.6 is 0 Å². The first-order valence-corrected chi connectivity index (χ1v) is 4.17. The number of rotatable bonds is 5. The van der Waals surface area contributed by atoms with Crippen molar-refractivity contribution in [3.05, 3.63) is 0 Å². The molecular weight excluding hydrogens is 156 g/mol. The Morgan fingerprint density at radius 3 is 2.17 bits per heavy atom. The number of hydrogen-bond donors (Lipinski definition) is 1. The normalized spacial score (nSPS) is 15.7. The summed E-state index contributed by atoms with van der Waals surface area (Å²) in [7, 11) is 0. The van der Waals surface area contributed by atoms with Crippen LogP contribution in [0.1, 0.15) is 27.2 Å². The number of carbonyl (C=O) groups excluding carboxylic acids is 1. The first-order valence-electron chi connectivity index (χ1n) is 4.17. The third-order valence-electron chi connectivity index (χ3n) is 2.26. The van der Waals surface area contributed by atoms with Crippen molar-refractivity contribution in [3.63, 3.8) is 0 Å². The fraction of sp³-hybridized carbons (Fsp3) is 0.778. The molecule has 0 fully saturated rings. The SMILES string of the molecule is CC(C)[C@@H](CC=O)C(C)C(=O)O. The van der Waals surface area contributed by atoms with E-state index in [0.29, 0.717) is 6.42 Å². The van der Waals surface area contributed by atoms with Crippen LogP contribution in [0.2, 0.25) is 0 Å². The van der Waals surface area contributed by atoms with Crippen molar-refractivity contribution < 1.29 is 14.7 Å². The van der Waals surface area contributed by atoms with Crippen molar-refractivity contribution in [1.29, 1.82) is 0 Å². The van der Waals surface area contributed by atoms with E-state index < -0.39 is 11.9 Å². The molecule has 3 heteroatoms. The Bertz CT molecular complexity index is 163. The predicted molar refractivity (Wildman–Crippen MR) is 45.8 cm³/mol. The molecule has 0 saturated carbocycles. The Morgan fingerprint density at radius 2 is 1.92 bits per heavy atom. The molecule has 0 heterocycles. The molecule has 0 saturated heterocycles. The first kappa shape index (κ1) is 11.1. The quantitative estimate of drug-likeness (QED) is 0.640. The highest BCUT2D eigenvalue weighted by Crippen LogP contribution is 2.23. The molecule has 1 N–H and O–H groups in total. The van der Waals surface area contributed by atoms with Gasteiger partial charge in [0.1, 0.15) is 6.29 Å². The Hall–Kier alpha value is -0.860. The molecule has 0 aromatic heterocycles. The van der Waals surface area contributed by atoms with Crippen LogP contribution in [0.15, 0.2) is 0 Å². The molecule has 0 spiro atoms. The van der Waals surface area contributed by atoms with E-state index >= 15 is 0 Å². The molecule has 0 bridgehead atoms. The molecule has 1 unspecified atom stereocenters. The monoisotopic (exact) mass is 172 g/mol. The van der Waals surface area contributed by atoms with Crippen LogP contribution in [0.3, 0.4) is 0 Å². The van der Waals surface area contributed by atoms with E-state index in [9.17, 15) is 9.59 Å². The largest absolute Gasteiger partial charge is 0.481 e. The molecule has 3 nitrogen and oxygen atoms in total. The van der Waals surface area contributed by atoms with Gasteiger partial charge in [-0.3, -0.25) is 4.79 Å². The van der Waals surface area contributed by atoms with E-state index in [0.717, 1.165) is 6.29 Å². The topological polar surface area (TPSA) is 54.4 Å². The highest BCUT2D eigenvalue weighted by Gasteiger charge is 2.25. The zero-order valence-electron chi connectivity index (χ0n) is 7.78. The van der Waals surface area contributed by atoms with E-state index in [1.807, 2.05) is 13.8 Å². The van der Waals surface area contributed by atoms with E-state index in [2.05, 4.69) is 0 Å². The lowest BCUT2D eigenvalue weighted by Gasteiger charge is -2.22. The van der Waals surface area contributed by atoms with Crippen LogP contribution in [0.5, 0.6) is 0 Å². The lowest BCUT2D eigenvalue weighted by atomic mass is 9.82. The fourth-order valence-corrected chi connectivity index (χ4v) is 1.35. The Morgan fingerprint density at radius 1 is 1.42 bits per heavy atom. The van der Waals surface area contributed by atoms with Gasteiger partial charge in [0.25, 0.3) is 0 Å². The third-order valence-corrected chi connectivity index (χ3v) is 2.26. The third kappa shape index (κ3) is 3.03. The van der Waals surface area contributed by atoms with E-state index in [-0.39, 0.29) is 11.8 Å². The fourth-order valence-electron chi connectivity index (χ4n) is 1.35. The lowest BCUT2D eigenvalue weighted by molar-refractivity contribution is -0.143. The van der Waals surface area contributed by atoms with E-state index in [1.165, 1.54) is 0 Å². The van der Waals surface area contributed by atoms with Gasteiger partial charge in [0.2, 0.25) is 0 Å². The highest BCUT2D eigenvalue weighted by atomic mass is 16.4. The molecule has 0 amide bonds. The summed E-state index contributed by atoms with van der Waals surface area (Å²) in [6.07, 6.45) is 1.13. The second kappa shape index (κ2) is 4.91. The molecule has 12 heavy (non-hydrogen) atoms. The van der Waals surface area contributed by atoms with Crippen LogP contribution in [-0.2, 0) is 9.59 Å². The maximum Gasteiger partial charge on any atom is 0.306 e. The molecule has 0 rings (SSSR count). The minimum Gasteiger partial charge on any atom is -0.481 e. The van der Waals surface area contributed by atoms with Crippen molar-refractivity contribution in [2.75, 3.05) is 0 Å². The minimum absolute atomic E-state index is 0.0417. The van der Waals surface area contributed by atoms with Gasteiger partial charge in [0.15, 0.2) is 0 Å². The number of hydrogen-bond acceptors (Lipinski definition) is 2. The van der Waals surface area contributed by atoms with Gasteiger partial charge in [-0.25, -0.2) is 0 Å². The predicted octanol–water partition coefficient (Wildman–Crippen LogP) is 1.57. The summed E-state index contributed by atoms with van der Waals surface area (Å²) in [6.45, 7) is 5.53. The molecule has 0 aliphatic heterocycles. The van der Waals surface area contributed by atoms with E-state index in [4.69, 9.17) is 5.11 Å². The van der Waals surface area contributed by atoms with Crippen molar-refractivity contribution in [2.24, 2.45) is 17.8 Å². The van der Waals surface area contributed by atoms with Gasteiger partial charge in [-0.1, -0.05) is 20.8 Å². The molecule has 0 aromatic carbocycles. The zero-order chi connectivity index (χ0) is 9.72. The molecule has 0 aromatic rings. The maximum atomic E-state index is 10.6. The van der Waals surface area contributed by atoms with Crippen molar-refractivity contribution in [3.8, 4) is 0 Å². The number of carboxylic acids is 1. The van der Waals surface area contributed by atoms with Gasteiger partial charge in [0.05, 0.1) is 5.92 Å². The average molecular weight is 172 g/mol. The molecule has 2 atom stereocenters. The summed E-state index contributed by atoms with van der Waals surface area (Å²) in [5.41, 5.74) is 0. The molecule has 0 radical (unpaired) electrons. The van der Waals surface area contributed by atoms with Gasteiger partial charge in [-0.2, -0.15) is 0 Å². The first-order chi connectivity index (χ1) is 5.50. The second-order valence-corrected chi connectivity index (χ2v) is 3.44. The zero-order valence-corrected chi connectivity index (χ0v) is 7.78. The molecule has 0 aliphatic carbocycles. The van der Waals surface area contributed by atoms with Crippen LogP contribution in [-0.4, -0.2) is 17.4 Å². The lowest BCUT2D eigenvalue weighted by Crippen LogP contribution is -2.25. The number of carboxylic acid groups (broad SMARTS) is 1. The van der Waals surface area contributed by atoms with Gasteiger partial charge in [-0.15, -0.1) is 0 Å². The van der Waals surface area contributed by atoms with Crippen molar-refractivity contribution in [1.82, 2.24) is 0 Å². The summed E-state index contributed by atoms with van der Waals surface area (Å²) < 4.78 is 0. The molecule has 70 valence electrons. The summed E-state index contributed by atoms with van der Waals surface area (Å²) in [5, 5.41) is 8.71. The Balaban J connectivity index is 4.27. The van der Waals surface area contributed by atoms with Crippen molar-refractivity contribution >= 4 is 12.3 Å². The summed E-state index contributed by atoms with van der Waals surface area (Å²) >= 11 is 0. The number of carbonyl (C=O) groups is 2. The Labute approximate surface area is 72.8 Å². The van der Waals surface area contributed by atoms with Crippen LogP contribution in [0.4, 0.5) is 0 Å². The molecule has 0 aliphatic rings. The number of aliphatic carboxylic acids is 1. The second-order valence-electron chi connectivity index (χ2n) is 3.44. The van der Waals surface area contributed by atoms with Crippen LogP contribution < -0.4 is 0 Å². The smallest absolute Gasteiger partial charge is 0.306 e. The standard InChI is InChI=1S/C9H16O3/c1-6(2)8(4-5-10)7(3)9(11)12/h5-8H,4H2,1-3H3,(H,11,12)/t7?,8-/m1/s1. The van der Waals surface area contributed by atoms with Crippen LogP contribution in [0, 0.1) is 17.8 Å². The Kier molecular flexibility index (Phi) is 4.55. The minimum atomic E-state index is -0.824. The average Bonchev–Trinajstić information content (AvgIpc) is 1.98. The highest BCUT2D eigenvalue weighted by molar-refractivity contribution is 5.70. The summed E-state index contributed by atoms with van der Waals surface area (Å²) in [4.78, 5) is 20.9.